The van der Waals surface area contributed by atoms with E-state index >= 15 is 0 Å². The minimum atomic E-state index is -1.34. The predicted octanol–water partition coefficient (Wildman–Crippen LogP) is 5.33. The zero-order chi connectivity index (χ0) is 26.7. The van der Waals surface area contributed by atoms with E-state index in [0.717, 1.165) is 22.4 Å². The summed E-state index contributed by atoms with van der Waals surface area (Å²) >= 11 is 0. The van der Waals surface area contributed by atoms with Gasteiger partial charge in [-0.2, -0.15) is 0 Å². The lowest BCUT2D eigenvalue weighted by Crippen LogP contribution is -2.51. The molecule has 4 aromatic rings. The summed E-state index contributed by atoms with van der Waals surface area (Å²) in [5, 5.41) is 3.06. The predicted molar refractivity (Wildman–Crippen MR) is 150 cm³/mol. The minimum Gasteiger partial charge on any atom is -0.352 e. The van der Waals surface area contributed by atoms with Gasteiger partial charge in [0.1, 0.15) is 17.2 Å². The largest absolute Gasteiger partial charge is 0.352 e. The molecule has 7 rings (SSSR count). The Kier molecular flexibility index (Phi) is 5.13. The number of allylic oxidation sites excluding steroid dienone is 1. The van der Waals surface area contributed by atoms with Crippen LogP contribution >= 0.6 is 0 Å². The van der Waals surface area contributed by atoms with Crippen LogP contribution in [0.5, 0.6) is 0 Å². The molecule has 1 aromatic heterocycles. The molecule has 190 valence electrons. The van der Waals surface area contributed by atoms with Crippen LogP contribution < -0.4 is 10.2 Å². The zero-order valence-electron chi connectivity index (χ0n) is 21.2. The molecule has 3 aliphatic heterocycles. The van der Waals surface area contributed by atoms with Crippen molar-refractivity contribution in [1.82, 2.24) is 4.98 Å². The fraction of sp³-hybridized carbons (Fsp3) is 0.152. The number of fused-ring (bicyclic) bond motifs is 6. The highest BCUT2D eigenvalue weighted by Gasteiger charge is 2.70. The topological polar surface area (TPSA) is 79.4 Å². The Morgan fingerprint density at radius 2 is 1.56 bits per heavy atom. The van der Waals surface area contributed by atoms with E-state index in [4.69, 9.17) is 0 Å². The number of para-hydroxylation sites is 2. The SMILES string of the molecule is CC1=CC2N(c3ccccc31)C(C(=O)c1ccccc1)C(C(=O)c1ccccn1)C21C(=O)Nc2ccccc21. The van der Waals surface area contributed by atoms with Crippen LogP contribution in [0, 0.1) is 5.92 Å². The fourth-order valence-electron chi connectivity index (χ4n) is 6.83. The average Bonchev–Trinajstić information content (AvgIpc) is 3.45. The van der Waals surface area contributed by atoms with Crippen molar-refractivity contribution < 1.29 is 14.4 Å². The smallest absolute Gasteiger partial charge is 0.238 e. The van der Waals surface area contributed by atoms with Gasteiger partial charge >= 0.3 is 0 Å². The van der Waals surface area contributed by atoms with Gasteiger partial charge in [0.15, 0.2) is 11.6 Å². The molecule has 3 aliphatic rings. The third-order valence-electron chi connectivity index (χ3n) is 8.41. The Hall–Kier alpha value is -4.84. The maximum atomic E-state index is 14.6. The van der Waals surface area contributed by atoms with Crippen molar-refractivity contribution in [1.29, 1.82) is 0 Å². The standard InChI is InChI=1S/C33H25N3O3/c1-20-19-27-33(23-14-6-7-15-24(23)35-32(33)39)28(31(38)25-16-9-10-18-34-25)29(30(37)21-11-3-2-4-12-21)36(27)26-17-8-5-13-22(20)26/h2-19,27-29H,1H3,(H,35,39). The normalized spacial score (nSPS) is 24.4. The number of nitrogens with one attached hydrogen (secondary N) is 1. The Morgan fingerprint density at radius 1 is 0.846 bits per heavy atom. The quantitative estimate of drug-likeness (QED) is 0.375. The van der Waals surface area contributed by atoms with Gasteiger partial charge in [0.25, 0.3) is 0 Å². The summed E-state index contributed by atoms with van der Waals surface area (Å²) in [5.74, 6) is -1.83. The Morgan fingerprint density at radius 3 is 2.36 bits per heavy atom. The number of carbonyl (C=O) groups is 3. The molecule has 0 aliphatic carbocycles. The van der Waals surface area contributed by atoms with Gasteiger partial charge in [-0.3, -0.25) is 19.4 Å². The van der Waals surface area contributed by atoms with Crippen molar-refractivity contribution in [3.8, 4) is 0 Å². The molecule has 0 bridgehead atoms. The molecular formula is C33H25N3O3. The Balaban J connectivity index is 1.57. The number of rotatable bonds is 4. The van der Waals surface area contributed by atoms with Gasteiger partial charge in [0.2, 0.25) is 5.91 Å². The molecule has 0 saturated carbocycles. The van der Waals surface area contributed by atoms with Crippen LogP contribution in [0.4, 0.5) is 11.4 Å². The third kappa shape index (κ3) is 3.15. The summed E-state index contributed by atoms with van der Waals surface area (Å²) in [4.78, 5) is 49.9. The number of amides is 1. The highest BCUT2D eigenvalue weighted by Crippen LogP contribution is 2.58. The van der Waals surface area contributed by atoms with E-state index in [9.17, 15) is 14.4 Å². The molecule has 39 heavy (non-hydrogen) atoms. The third-order valence-corrected chi connectivity index (χ3v) is 8.41. The number of carbonyl (C=O) groups excluding carboxylic acids is 3. The fourth-order valence-corrected chi connectivity index (χ4v) is 6.83. The summed E-state index contributed by atoms with van der Waals surface area (Å²) in [7, 11) is 0. The molecule has 4 unspecified atom stereocenters. The monoisotopic (exact) mass is 511 g/mol. The second kappa shape index (κ2) is 8.60. The first-order valence-corrected chi connectivity index (χ1v) is 13.0. The minimum absolute atomic E-state index is 0.202. The van der Waals surface area contributed by atoms with E-state index in [1.807, 2.05) is 78.6 Å². The molecule has 1 N–H and O–H groups in total. The highest BCUT2D eigenvalue weighted by molar-refractivity contribution is 6.18. The number of pyridine rings is 1. The van der Waals surface area contributed by atoms with Gasteiger partial charge < -0.3 is 10.2 Å². The number of hydrogen-bond acceptors (Lipinski definition) is 5. The average molecular weight is 512 g/mol. The van der Waals surface area contributed by atoms with Gasteiger partial charge in [-0.15, -0.1) is 0 Å². The van der Waals surface area contributed by atoms with Crippen LogP contribution in [0.15, 0.2) is 109 Å². The van der Waals surface area contributed by atoms with Crippen LogP contribution in [0.1, 0.15) is 38.9 Å². The number of Topliss-reactive ketones (excluding diaryl/α,β-unsaturated/α-hetero) is 2. The lowest BCUT2D eigenvalue weighted by Gasteiger charge is -2.39. The summed E-state index contributed by atoms with van der Waals surface area (Å²) in [6.07, 6.45) is 3.62. The van der Waals surface area contributed by atoms with Crippen LogP contribution in [-0.4, -0.2) is 34.5 Å². The maximum absolute atomic E-state index is 14.6. The molecular weight excluding hydrogens is 486 g/mol. The second-order valence-corrected chi connectivity index (χ2v) is 10.3. The first-order chi connectivity index (χ1) is 19.0. The molecule has 6 heteroatoms. The van der Waals surface area contributed by atoms with Crippen molar-refractivity contribution in [2.24, 2.45) is 5.92 Å². The number of ketones is 2. The summed E-state index contributed by atoms with van der Waals surface area (Å²) in [6, 6.07) is 28.1. The van der Waals surface area contributed by atoms with Crippen molar-refractivity contribution >= 4 is 34.4 Å². The van der Waals surface area contributed by atoms with E-state index in [1.165, 1.54) is 0 Å². The number of anilines is 2. The van der Waals surface area contributed by atoms with Crippen LogP contribution in [0.2, 0.25) is 0 Å². The first kappa shape index (κ1) is 23.3. The lowest BCUT2D eigenvalue weighted by atomic mass is 9.64. The summed E-state index contributed by atoms with van der Waals surface area (Å²) in [6.45, 7) is 2.02. The van der Waals surface area contributed by atoms with Crippen LogP contribution in [-0.2, 0) is 10.2 Å². The van der Waals surface area contributed by atoms with Gasteiger partial charge in [0, 0.05) is 28.7 Å². The van der Waals surface area contributed by atoms with Crippen LogP contribution in [0.25, 0.3) is 5.57 Å². The van der Waals surface area contributed by atoms with Gasteiger partial charge in [-0.25, -0.2) is 0 Å². The van der Waals surface area contributed by atoms with Gasteiger partial charge in [0.05, 0.1) is 12.0 Å². The number of hydrogen-bond donors (Lipinski definition) is 1. The number of benzene rings is 3. The van der Waals surface area contributed by atoms with E-state index in [-0.39, 0.29) is 23.2 Å². The Bertz CT molecular complexity index is 1680. The molecule has 1 fully saturated rings. The number of nitrogens with zero attached hydrogens (tertiary/aromatic N) is 2. The van der Waals surface area contributed by atoms with E-state index in [1.54, 1.807) is 36.5 Å². The van der Waals surface area contributed by atoms with E-state index in [0.29, 0.717) is 11.3 Å². The van der Waals surface area contributed by atoms with Crippen molar-refractivity contribution in [3.63, 3.8) is 0 Å². The molecule has 0 radical (unpaired) electrons. The first-order valence-electron chi connectivity index (χ1n) is 13.0. The molecule has 1 saturated heterocycles. The molecule has 4 atom stereocenters. The van der Waals surface area contributed by atoms with Gasteiger partial charge in [-0.1, -0.05) is 78.9 Å². The zero-order valence-corrected chi connectivity index (χ0v) is 21.2. The van der Waals surface area contributed by atoms with Crippen molar-refractivity contribution in [2.75, 3.05) is 10.2 Å². The summed E-state index contributed by atoms with van der Waals surface area (Å²) < 4.78 is 0. The molecule has 4 heterocycles. The molecule has 1 spiro atoms. The van der Waals surface area contributed by atoms with E-state index in [2.05, 4.69) is 16.4 Å². The molecule has 3 aromatic carbocycles. The lowest BCUT2D eigenvalue weighted by molar-refractivity contribution is -0.121. The number of aromatic nitrogens is 1. The van der Waals surface area contributed by atoms with E-state index < -0.39 is 23.4 Å². The van der Waals surface area contributed by atoms with Crippen LogP contribution in [0.3, 0.4) is 0 Å². The maximum Gasteiger partial charge on any atom is 0.238 e. The van der Waals surface area contributed by atoms with Crippen molar-refractivity contribution in [3.05, 3.63) is 132 Å². The van der Waals surface area contributed by atoms with Gasteiger partial charge in [-0.05, 0) is 42.3 Å². The Labute approximate surface area is 226 Å². The van der Waals surface area contributed by atoms with Crippen molar-refractivity contribution in [2.45, 2.75) is 24.4 Å². The highest BCUT2D eigenvalue weighted by atomic mass is 16.2. The molecule has 6 nitrogen and oxygen atoms in total. The molecule has 1 amide bonds. The summed E-state index contributed by atoms with van der Waals surface area (Å²) in [5.41, 5.74) is 3.60. The second-order valence-electron chi connectivity index (χ2n) is 10.3.